The molecular formula is C57H87N13O20. The number of allylic oxidation sites excluding steroid dienone is 3. The quantitative estimate of drug-likeness (QED) is 0.0368. The molecule has 0 bridgehead atoms. The predicted octanol–water partition coefficient (Wildman–Crippen LogP) is -3.58. The molecule has 0 aliphatic carbocycles. The number of rotatable bonds is 22. The maximum atomic E-state index is 15.3. The van der Waals surface area contributed by atoms with Crippen LogP contribution in [0.3, 0.4) is 0 Å². The molecule has 3 heterocycles. The number of nitrogens with zero attached hydrogens (tertiary/aromatic N) is 3. The largest absolute Gasteiger partial charge is 0.481 e. The van der Waals surface area contributed by atoms with Gasteiger partial charge in [0.05, 0.1) is 38.3 Å². The van der Waals surface area contributed by atoms with Crippen LogP contribution in [0.5, 0.6) is 0 Å². The number of carbonyl (C=O) groups excluding carboxylic acids is 12. The summed E-state index contributed by atoms with van der Waals surface area (Å²) in [5, 5.41) is 59.4. The van der Waals surface area contributed by atoms with E-state index in [9.17, 15) is 87.5 Å². The topological polar surface area (TPSA) is 498 Å². The molecule has 0 saturated carbocycles. The number of fused-ring (bicyclic) bond motifs is 2. The molecule has 3 aliphatic heterocycles. The highest BCUT2D eigenvalue weighted by Gasteiger charge is 2.46. The van der Waals surface area contributed by atoms with E-state index < -0.39 is 199 Å². The lowest BCUT2D eigenvalue weighted by Gasteiger charge is -2.41. The van der Waals surface area contributed by atoms with Crippen molar-refractivity contribution in [3.8, 4) is 0 Å². The van der Waals surface area contributed by atoms with Gasteiger partial charge in [0.15, 0.2) is 6.17 Å². The molecule has 11 atom stereocenters. The first-order chi connectivity index (χ1) is 42.4. The van der Waals surface area contributed by atoms with E-state index in [1.807, 2.05) is 29.0 Å². The van der Waals surface area contributed by atoms with Crippen molar-refractivity contribution in [1.82, 2.24) is 62.6 Å². The Bertz CT molecular complexity index is 2720. The normalized spacial score (nSPS) is 24.6. The van der Waals surface area contributed by atoms with Gasteiger partial charge in [0.2, 0.25) is 65.0 Å². The third-order valence-electron chi connectivity index (χ3n) is 15.1. The number of likely N-dealkylation sites (N-methyl/N-ethyl adjacent to an activating group) is 1. The van der Waals surface area contributed by atoms with Crippen molar-refractivity contribution in [1.29, 1.82) is 0 Å². The Morgan fingerprint density at radius 1 is 0.589 bits per heavy atom. The molecule has 33 heteroatoms. The molecule has 0 spiro atoms. The maximum Gasteiger partial charge on any atom is 0.308 e. The molecule has 11 unspecified atom stereocenters. The monoisotopic (exact) mass is 1270 g/mol. The predicted molar refractivity (Wildman–Crippen MR) is 315 cm³/mol. The minimum Gasteiger partial charge on any atom is -0.481 e. The fraction of sp³-hybridized carbons (Fsp3) is 0.649. The fourth-order valence-electron chi connectivity index (χ4n) is 10.1. The molecule has 0 aromatic heterocycles. The maximum absolute atomic E-state index is 15.3. The molecule has 12 amide bonds. The lowest BCUT2D eigenvalue weighted by Crippen LogP contribution is -2.66. The third kappa shape index (κ3) is 23.8. The Morgan fingerprint density at radius 2 is 1.12 bits per heavy atom. The Morgan fingerprint density at radius 3 is 1.68 bits per heavy atom. The number of carboxylic acids is 4. The van der Waals surface area contributed by atoms with Crippen molar-refractivity contribution in [3.05, 3.63) is 24.3 Å². The van der Waals surface area contributed by atoms with Crippen molar-refractivity contribution < 1.29 is 97.1 Å². The van der Waals surface area contributed by atoms with Gasteiger partial charge in [0.1, 0.15) is 48.3 Å². The summed E-state index contributed by atoms with van der Waals surface area (Å²) in [5.41, 5.74) is 6.12. The van der Waals surface area contributed by atoms with Crippen LogP contribution in [-0.2, 0) is 76.7 Å². The van der Waals surface area contributed by atoms with Crippen LogP contribution in [0.25, 0.3) is 0 Å². The van der Waals surface area contributed by atoms with Gasteiger partial charge in [-0.3, -0.25) is 76.7 Å². The van der Waals surface area contributed by atoms with Gasteiger partial charge in [0, 0.05) is 32.6 Å². The minimum atomic E-state index is -2.18. The number of unbranched alkanes of at least 4 members (excludes halogenated alkanes) is 5. The summed E-state index contributed by atoms with van der Waals surface area (Å²) >= 11 is 0. The smallest absolute Gasteiger partial charge is 0.308 e. The number of carboxylic acid groups (broad SMARTS) is 4. The van der Waals surface area contributed by atoms with E-state index >= 15 is 9.59 Å². The number of carbonyl (C=O) groups is 16. The van der Waals surface area contributed by atoms with Crippen LogP contribution >= 0.6 is 0 Å². The average Bonchev–Trinajstić information content (AvgIpc) is 1.37. The molecule has 0 aromatic carbocycles. The zero-order chi connectivity index (χ0) is 67.5. The second-order valence-electron chi connectivity index (χ2n) is 22.6. The van der Waals surface area contributed by atoms with Gasteiger partial charge in [-0.1, -0.05) is 51.0 Å². The summed E-state index contributed by atoms with van der Waals surface area (Å²) in [6.07, 6.45) is 7.16. The van der Waals surface area contributed by atoms with E-state index in [-0.39, 0.29) is 51.6 Å². The molecule has 3 aliphatic rings. The fourth-order valence-corrected chi connectivity index (χ4v) is 10.1. The number of nitrogens with one attached hydrogen (secondary N) is 9. The molecular weight excluding hydrogens is 1190 g/mol. The van der Waals surface area contributed by atoms with Gasteiger partial charge in [0.25, 0.3) is 5.91 Å². The first-order valence-electron chi connectivity index (χ1n) is 29.8. The summed E-state index contributed by atoms with van der Waals surface area (Å²) in [6, 6.07) is -15.5. The number of aliphatic carboxylic acids is 4. The lowest BCUT2D eigenvalue weighted by atomic mass is 9.97. The number of nitrogens with two attached hydrogens (primary N) is 1. The Kier molecular flexibility index (Phi) is 31.0. The van der Waals surface area contributed by atoms with E-state index in [0.717, 1.165) is 60.8 Å². The van der Waals surface area contributed by atoms with Crippen LogP contribution in [0, 0.1) is 11.8 Å². The van der Waals surface area contributed by atoms with Crippen molar-refractivity contribution in [2.45, 2.75) is 191 Å². The van der Waals surface area contributed by atoms with E-state index in [2.05, 4.69) is 38.0 Å². The summed E-state index contributed by atoms with van der Waals surface area (Å²) in [5.74, 6) is -23.1. The Hall–Kier alpha value is -9.04. The molecule has 33 nitrogen and oxygen atoms in total. The zero-order valence-electron chi connectivity index (χ0n) is 51.4. The van der Waals surface area contributed by atoms with Crippen molar-refractivity contribution in [2.24, 2.45) is 17.6 Å². The van der Waals surface area contributed by atoms with Gasteiger partial charge < -0.3 is 88.7 Å². The third-order valence-corrected chi connectivity index (χ3v) is 15.1. The van der Waals surface area contributed by atoms with Crippen molar-refractivity contribution in [2.75, 3.05) is 33.2 Å². The Labute approximate surface area is 519 Å². The number of amides is 12. The molecule has 90 heavy (non-hydrogen) atoms. The van der Waals surface area contributed by atoms with E-state index in [0.29, 0.717) is 6.42 Å². The Balaban J connectivity index is 2.20. The van der Waals surface area contributed by atoms with Crippen LogP contribution in [0.4, 0.5) is 0 Å². The number of piperidine rings is 1. The van der Waals surface area contributed by atoms with Crippen molar-refractivity contribution >= 4 is 94.8 Å². The van der Waals surface area contributed by atoms with Crippen LogP contribution in [0.2, 0.25) is 0 Å². The van der Waals surface area contributed by atoms with Gasteiger partial charge >= 0.3 is 23.9 Å². The summed E-state index contributed by atoms with van der Waals surface area (Å²) < 4.78 is 0. The molecule has 15 N–H and O–H groups in total. The first kappa shape index (κ1) is 75.2. The van der Waals surface area contributed by atoms with Crippen LogP contribution in [0.1, 0.15) is 131 Å². The SMILES string of the molecule is CC=CCCCCCCC=CCC(=O)NC(CC(=O)O)C(=O)NC1C(=O)N2CCCCC2C(=O)NC(C(C)C(=O)O)C(=O)NC(CC(=O)O)C(=O)NCC(=O)NC(CC(=O)O)C(=O)NCC(=O)NC(C(C)N)C(=O)NC(C(C)C)C(=O)N2CCCC2C(=O)N1C. The highest BCUT2D eigenvalue weighted by Crippen LogP contribution is 2.25. The van der Waals surface area contributed by atoms with Gasteiger partial charge in [-0.15, -0.1) is 0 Å². The van der Waals surface area contributed by atoms with Gasteiger partial charge in [-0.05, 0) is 84.5 Å². The van der Waals surface area contributed by atoms with Gasteiger partial charge in [-0.25, -0.2) is 0 Å². The molecule has 3 rings (SSSR count). The van der Waals surface area contributed by atoms with Crippen LogP contribution in [-0.4, -0.2) is 224 Å². The second-order valence-corrected chi connectivity index (χ2v) is 22.6. The molecule has 500 valence electrons. The molecule has 3 fully saturated rings. The molecule has 0 radical (unpaired) electrons. The highest BCUT2D eigenvalue weighted by molar-refractivity contribution is 6.02. The van der Waals surface area contributed by atoms with E-state index in [4.69, 9.17) is 5.73 Å². The molecule has 3 saturated heterocycles. The molecule has 0 aromatic rings. The van der Waals surface area contributed by atoms with Crippen LogP contribution in [0.15, 0.2) is 24.3 Å². The van der Waals surface area contributed by atoms with E-state index in [1.165, 1.54) is 13.0 Å². The minimum absolute atomic E-state index is 0.0690. The van der Waals surface area contributed by atoms with Gasteiger partial charge in [-0.2, -0.15) is 0 Å². The summed E-state index contributed by atoms with van der Waals surface area (Å²) in [4.78, 5) is 220. The van der Waals surface area contributed by atoms with Crippen molar-refractivity contribution in [3.63, 3.8) is 0 Å². The zero-order valence-corrected chi connectivity index (χ0v) is 51.4. The first-order valence-corrected chi connectivity index (χ1v) is 29.8. The van der Waals surface area contributed by atoms with Crippen LogP contribution < -0.4 is 53.6 Å². The van der Waals surface area contributed by atoms with E-state index in [1.54, 1.807) is 19.9 Å². The number of hydrogen-bond acceptors (Lipinski definition) is 17. The lowest BCUT2D eigenvalue weighted by molar-refractivity contribution is -0.156. The summed E-state index contributed by atoms with van der Waals surface area (Å²) in [6.45, 7) is 4.83. The average molecular weight is 1270 g/mol. The summed E-state index contributed by atoms with van der Waals surface area (Å²) in [7, 11) is 1.06. The number of hydrogen-bond donors (Lipinski definition) is 14. The second kappa shape index (κ2) is 37.1. The highest BCUT2D eigenvalue weighted by atomic mass is 16.4. The standard InChI is InChI=1S/C57H87N13O20/c1-7-8-9-10-11-12-13-14-15-16-22-38(71)61-35(27-43(78)79)50(82)67-47-56(88)69-23-18-17-20-36(69)51(83)66-45(31(4)57(89)90)52(84)63-34(26-42(76)77)49(81)59-28-39(72)62-33(25-41(74)75)48(80)60-29-40(73)64-46(32(5)58)53(85)65-44(30(2)3)55(87)70-24-19-21-37(70)54(86)68(47)6/h7-8,15-16,30-37,44-47H,9-14,17-29,58H2,1-6H3,(H,59,81)(H,60,80)(H,61,71)(H,62,72)(H,63,84)(H,64,73)(H,65,85)(H,66,83)(H,67,82)(H,74,75)(H,76,77)(H,78,79)(H,89,90).